The molecular formula is C22H36O10. The van der Waals surface area contributed by atoms with Crippen molar-refractivity contribution < 1.29 is 48.3 Å². The van der Waals surface area contributed by atoms with Gasteiger partial charge in [-0.15, -0.1) is 0 Å². The number of esters is 4. The molecule has 2 N–H and O–H groups in total. The normalized spacial score (nSPS) is 28.1. The zero-order valence-corrected chi connectivity index (χ0v) is 19.9. The molecule has 0 radical (unpaired) electrons. The first-order chi connectivity index (χ1) is 14.7. The average Bonchev–Trinajstić information content (AvgIpc) is 2.69. The van der Waals surface area contributed by atoms with Crippen LogP contribution in [-0.2, 0) is 38.1 Å². The molecule has 2 unspecified atom stereocenters. The quantitative estimate of drug-likeness (QED) is 0.397. The topological polar surface area (TPSA) is 146 Å². The third-order valence-electron chi connectivity index (χ3n) is 4.89. The minimum atomic E-state index is -1.74. The SMILES string of the molecule is CC(C)C(=O)O[C@@H]1C(O)[C@H](OC(=O)C(C)C)[C@@H](OC(=O)C(C)C)C(O)[C@H]1OC(=O)C(C)C. The fourth-order valence-corrected chi connectivity index (χ4v) is 2.78. The van der Waals surface area contributed by atoms with Crippen molar-refractivity contribution in [2.75, 3.05) is 0 Å². The molecule has 0 aromatic carbocycles. The van der Waals surface area contributed by atoms with Gasteiger partial charge >= 0.3 is 23.9 Å². The van der Waals surface area contributed by atoms with Gasteiger partial charge in [-0.2, -0.15) is 0 Å². The van der Waals surface area contributed by atoms with Crippen molar-refractivity contribution in [3.63, 3.8) is 0 Å². The van der Waals surface area contributed by atoms with E-state index in [4.69, 9.17) is 18.9 Å². The molecule has 0 bridgehead atoms. The zero-order valence-electron chi connectivity index (χ0n) is 19.9. The highest BCUT2D eigenvalue weighted by Crippen LogP contribution is 2.32. The Morgan fingerprint density at radius 1 is 0.469 bits per heavy atom. The molecule has 0 aromatic heterocycles. The van der Waals surface area contributed by atoms with Crippen LogP contribution in [0.2, 0.25) is 0 Å². The number of carbonyl (C=O) groups excluding carboxylic acids is 4. The summed E-state index contributed by atoms with van der Waals surface area (Å²) in [4.78, 5) is 49.1. The number of rotatable bonds is 8. The van der Waals surface area contributed by atoms with Gasteiger partial charge in [0.15, 0.2) is 24.4 Å². The van der Waals surface area contributed by atoms with Crippen molar-refractivity contribution in [1.82, 2.24) is 0 Å². The van der Waals surface area contributed by atoms with E-state index in [0.29, 0.717) is 0 Å². The highest BCUT2D eigenvalue weighted by Gasteiger charge is 2.57. The van der Waals surface area contributed by atoms with Gasteiger partial charge in [0.1, 0.15) is 12.2 Å². The van der Waals surface area contributed by atoms with Gasteiger partial charge in [0.2, 0.25) is 0 Å². The Balaban J connectivity index is 3.43. The molecule has 0 spiro atoms. The van der Waals surface area contributed by atoms with Gasteiger partial charge < -0.3 is 29.2 Å². The molecule has 0 heterocycles. The number of aliphatic hydroxyl groups excluding tert-OH is 2. The number of hydrogen-bond donors (Lipinski definition) is 2. The lowest BCUT2D eigenvalue weighted by Gasteiger charge is -2.45. The molecule has 32 heavy (non-hydrogen) atoms. The number of ether oxygens (including phenoxy) is 4. The van der Waals surface area contributed by atoms with Crippen LogP contribution in [0.15, 0.2) is 0 Å². The Morgan fingerprint density at radius 2 is 0.625 bits per heavy atom. The van der Waals surface area contributed by atoms with Gasteiger partial charge in [-0.1, -0.05) is 55.4 Å². The van der Waals surface area contributed by atoms with Crippen LogP contribution >= 0.6 is 0 Å². The van der Waals surface area contributed by atoms with Crippen LogP contribution in [0, 0.1) is 23.7 Å². The molecule has 0 aromatic rings. The van der Waals surface area contributed by atoms with E-state index in [-0.39, 0.29) is 0 Å². The molecule has 0 aliphatic heterocycles. The maximum Gasteiger partial charge on any atom is 0.308 e. The van der Waals surface area contributed by atoms with Crippen LogP contribution in [-0.4, -0.2) is 70.7 Å². The second kappa shape index (κ2) is 11.6. The molecule has 1 aliphatic rings. The summed E-state index contributed by atoms with van der Waals surface area (Å²) in [6.07, 6.45) is -9.69. The van der Waals surface area contributed by atoms with Gasteiger partial charge in [-0.25, -0.2) is 0 Å². The van der Waals surface area contributed by atoms with E-state index in [1.807, 2.05) is 0 Å². The highest BCUT2D eigenvalue weighted by molar-refractivity contribution is 5.74. The molecule has 10 heteroatoms. The standard InChI is InChI=1S/C22H36O10/c1-9(2)19(25)29-15-13(23)17(31-21(27)11(5)6)18(32-22(28)12(7)8)14(24)16(15)30-20(26)10(3)4/h9-18,23-24H,1-8H3/t13?,14?,15-,16-,17+,18+. The van der Waals surface area contributed by atoms with Gasteiger partial charge in [-0.3, -0.25) is 19.2 Å². The minimum absolute atomic E-state index is 0.589. The van der Waals surface area contributed by atoms with E-state index in [1.54, 1.807) is 55.4 Å². The Bertz CT molecular complexity index is 570. The Morgan fingerprint density at radius 3 is 0.750 bits per heavy atom. The second-order valence-electron chi connectivity index (χ2n) is 9.21. The lowest BCUT2D eigenvalue weighted by Crippen LogP contribution is -2.67. The van der Waals surface area contributed by atoms with Crippen molar-refractivity contribution in [3.05, 3.63) is 0 Å². The van der Waals surface area contributed by atoms with Crippen LogP contribution in [0.4, 0.5) is 0 Å². The lowest BCUT2D eigenvalue weighted by atomic mass is 9.83. The summed E-state index contributed by atoms with van der Waals surface area (Å²) in [7, 11) is 0. The largest absolute Gasteiger partial charge is 0.455 e. The average molecular weight is 461 g/mol. The monoisotopic (exact) mass is 460 g/mol. The highest BCUT2D eigenvalue weighted by atomic mass is 16.6. The maximum atomic E-state index is 12.3. The number of hydrogen-bond acceptors (Lipinski definition) is 10. The Hall–Kier alpha value is -2.20. The molecule has 1 rings (SSSR count). The minimum Gasteiger partial charge on any atom is -0.455 e. The summed E-state index contributed by atoms with van der Waals surface area (Å²) in [5.41, 5.74) is 0. The summed E-state index contributed by atoms with van der Waals surface area (Å²) in [5, 5.41) is 22.0. The van der Waals surface area contributed by atoms with Crippen molar-refractivity contribution in [3.8, 4) is 0 Å². The fourth-order valence-electron chi connectivity index (χ4n) is 2.78. The molecule has 0 saturated heterocycles. The molecule has 6 atom stereocenters. The molecule has 184 valence electrons. The smallest absolute Gasteiger partial charge is 0.308 e. The molecular weight excluding hydrogens is 424 g/mol. The van der Waals surface area contributed by atoms with E-state index >= 15 is 0 Å². The lowest BCUT2D eigenvalue weighted by molar-refractivity contribution is -0.255. The van der Waals surface area contributed by atoms with Crippen LogP contribution < -0.4 is 0 Å². The number of aliphatic hydroxyl groups is 2. The summed E-state index contributed by atoms with van der Waals surface area (Å²) < 4.78 is 21.4. The van der Waals surface area contributed by atoms with E-state index in [0.717, 1.165) is 0 Å². The second-order valence-corrected chi connectivity index (χ2v) is 9.21. The van der Waals surface area contributed by atoms with E-state index in [2.05, 4.69) is 0 Å². The van der Waals surface area contributed by atoms with E-state index in [9.17, 15) is 29.4 Å². The summed E-state index contributed by atoms with van der Waals surface area (Å²) in [6, 6.07) is 0. The molecule has 0 amide bonds. The van der Waals surface area contributed by atoms with Gasteiger partial charge in [-0.05, 0) is 0 Å². The van der Waals surface area contributed by atoms with Crippen LogP contribution in [0.25, 0.3) is 0 Å². The molecule has 1 aliphatic carbocycles. The third-order valence-corrected chi connectivity index (χ3v) is 4.89. The summed E-state index contributed by atoms with van der Waals surface area (Å²) in [5.74, 6) is -5.25. The summed E-state index contributed by atoms with van der Waals surface area (Å²) >= 11 is 0. The first-order valence-corrected chi connectivity index (χ1v) is 10.9. The van der Waals surface area contributed by atoms with Crippen LogP contribution in [0.1, 0.15) is 55.4 Å². The Labute approximate surface area is 188 Å². The predicted molar refractivity (Wildman–Crippen MR) is 111 cm³/mol. The fraction of sp³-hybridized carbons (Fsp3) is 0.818. The predicted octanol–water partition coefficient (Wildman–Crippen LogP) is 0.993. The first kappa shape index (κ1) is 27.8. The van der Waals surface area contributed by atoms with Crippen molar-refractivity contribution in [2.45, 2.75) is 92.0 Å². The van der Waals surface area contributed by atoms with Crippen molar-refractivity contribution in [1.29, 1.82) is 0 Å². The number of carbonyl (C=O) groups is 4. The summed E-state index contributed by atoms with van der Waals surface area (Å²) in [6.45, 7) is 12.5. The first-order valence-electron chi connectivity index (χ1n) is 10.9. The van der Waals surface area contributed by atoms with Gasteiger partial charge in [0.05, 0.1) is 23.7 Å². The molecule has 1 fully saturated rings. The Kier molecular flexibility index (Phi) is 10.1. The van der Waals surface area contributed by atoms with Crippen molar-refractivity contribution >= 4 is 23.9 Å². The molecule has 10 nitrogen and oxygen atoms in total. The van der Waals surface area contributed by atoms with Gasteiger partial charge in [0, 0.05) is 0 Å². The zero-order chi connectivity index (χ0) is 24.9. The molecule has 1 saturated carbocycles. The van der Waals surface area contributed by atoms with Crippen LogP contribution in [0.5, 0.6) is 0 Å². The van der Waals surface area contributed by atoms with Gasteiger partial charge in [0.25, 0.3) is 0 Å². The maximum absolute atomic E-state index is 12.3. The van der Waals surface area contributed by atoms with Crippen LogP contribution in [0.3, 0.4) is 0 Å². The van der Waals surface area contributed by atoms with E-state index in [1.165, 1.54) is 0 Å². The van der Waals surface area contributed by atoms with Crippen molar-refractivity contribution in [2.24, 2.45) is 23.7 Å². The third kappa shape index (κ3) is 6.90. The van der Waals surface area contributed by atoms with E-state index < -0.39 is 84.2 Å².